The molecule has 2 N–H and O–H groups in total. The molecule has 1 heterocycles. The van der Waals surface area contributed by atoms with Crippen molar-refractivity contribution in [2.24, 2.45) is 5.10 Å². The predicted octanol–water partition coefficient (Wildman–Crippen LogP) is 1.52. The fourth-order valence-electron chi connectivity index (χ4n) is 2.31. The molecular formula is C16H13N3O6S. The Balaban J connectivity index is 2.00. The molecule has 3 rings (SSSR count). The molecule has 0 atom stereocenters. The predicted molar refractivity (Wildman–Crippen MR) is 91.5 cm³/mol. The SMILES string of the molecule is O=CNC1=NN(c2ccc(Oc3ccccc3)c(S(=O)(=O)O)c2)C(=O)C1. The van der Waals surface area contributed by atoms with Crippen molar-refractivity contribution in [2.45, 2.75) is 11.3 Å². The number of carbonyl (C=O) groups is 2. The monoisotopic (exact) mass is 375 g/mol. The van der Waals surface area contributed by atoms with Crippen LogP contribution in [0.2, 0.25) is 0 Å². The fraction of sp³-hybridized carbons (Fsp3) is 0.0625. The number of carbonyl (C=O) groups excluding carboxylic acids is 2. The summed E-state index contributed by atoms with van der Waals surface area (Å²) in [5.74, 6) is -0.0717. The van der Waals surface area contributed by atoms with E-state index in [1.807, 2.05) is 0 Å². The van der Waals surface area contributed by atoms with Crippen LogP contribution in [0, 0.1) is 0 Å². The van der Waals surface area contributed by atoms with Crippen LogP contribution in [0.1, 0.15) is 6.42 Å². The summed E-state index contributed by atoms with van der Waals surface area (Å²) in [4.78, 5) is 22.0. The second-order valence-corrected chi connectivity index (χ2v) is 6.60. The largest absolute Gasteiger partial charge is 0.456 e. The molecule has 134 valence electrons. The topological polar surface area (TPSA) is 125 Å². The molecule has 0 unspecified atom stereocenters. The molecule has 0 saturated carbocycles. The first-order valence-corrected chi connectivity index (χ1v) is 8.77. The van der Waals surface area contributed by atoms with Crippen molar-refractivity contribution in [1.29, 1.82) is 0 Å². The van der Waals surface area contributed by atoms with E-state index in [9.17, 15) is 22.6 Å². The molecule has 1 aliphatic rings. The van der Waals surface area contributed by atoms with Crippen LogP contribution in [0.4, 0.5) is 5.69 Å². The van der Waals surface area contributed by atoms with Crippen molar-refractivity contribution in [3.8, 4) is 11.5 Å². The van der Waals surface area contributed by atoms with Crippen LogP contribution < -0.4 is 15.1 Å². The number of rotatable bonds is 5. The summed E-state index contributed by atoms with van der Waals surface area (Å²) in [6.07, 6.45) is 0.248. The number of amidine groups is 1. The average Bonchev–Trinajstić information content (AvgIpc) is 2.96. The van der Waals surface area contributed by atoms with Gasteiger partial charge in [-0.05, 0) is 30.3 Å². The Morgan fingerprint density at radius 2 is 1.92 bits per heavy atom. The Labute approximate surface area is 148 Å². The van der Waals surface area contributed by atoms with Crippen molar-refractivity contribution in [1.82, 2.24) is 5.32 Å². The maximum atomic E-state index is 12.0. The van der Waals surface area contributed by atoms with E-state index in [2.05, 4.69) is 10.4 Å². The minimum absolute atomic E-state index is 0.103. The molecule has 0 bridgehead atoms. The molecule has 0 fully saturated rings. The van der Waals surface area contributed by atoms with E-state index in [4.69, 9.17) is 4.74 Å². The Morgan fingerprint density at radius 3 is 2.58 bits per heavy atom. The number of benzene rings is 2. The van der Waals surface area contributed by atoms with E-state index in [0.29, 0.717) is 12.2 Å². The molecule has 0 spiro atoms. The van der Waals surface area contributed by atoms with Crippen LogP contribution >= 0.6 is 0 Å². The van der Waals surface area contributed by atoms with Gasteiger partial charge in [0.1, 0.15) is 22.2 Å². The van der Waals surface area contributed by atoms with Gasteiger partial charge in [0.15, 0.2) is 0 Å². The minimum Gasteiger partial charge on any atom is -0.456 e. The molecule has 0 aromatic heterocycles. The molecule has 0 radical (unpaired) electrons. The van der Waals surface area contributed by atoms with E-state index in [-0.39, 0.29) is 23.7 Å². The number of amides is 2. The van der Waals surface area contributed by atoms with Crippen LogP contribution in [0.5, 0.6) is 11.5 Å². The molecule has 26 heavy (non-hydrogen) atoms. The third-order valence-electron chi connectivity index (χ3n) is 3.42. The lowest BCUT2D eigenvalue weighted by molar-refractivity contribution is -0.116. The first-order chi connectivity index (χ1) is 12.4. The molecule has 10 heteroatoms. The summed E-state index contributed by atoms with van der Waals surface area (Å²) < 4.78 is 38.5. The van der Waals surface area contributed by atoms with E-state index >= 15 is 0 Å². The van der Waals surface area contributed by atoms with Gasteiger partial charge in [0.2, 0.25) is 6.41 Å². The van der Waals surface area contributed by atoms with Crippen molar-refractivity contribution < 1.29 is 27.3 Å². The highest BCUT2D eigenvalue weighted by atomic mass is 32.2. The van der Waals surface area contributed by atoms with Gasteiger partial charge < -0.3 is 10.1 Å². The lowest BCUT2D eigenvalue weighted by Crippen LogP contribution is -2.21. The summed E-state index contributed by atoms with van der Waals surface area (Å²) in [6.45, 7) is 0. The highest BCUT2D eigenvalue weighted by molar-refractivity contribution is 7.86. The van der Waals surface area contributed by atoms with E-state index in [1.165, 1.54) is 12.1 Å². The summed E-state index contributed by atoms with van der Waals surface area (Å²) in [7, 11) is -4.63. The zero-order chi connectivity index (χ0) is 18.7. The van der Waals surface area contributed by atoms with Gasteiger partial charge in [-0.3, -0.25) is 14.1 Å². The maximum absolute atomic E-state index is 12.0. The van der Waals surface area contributed by atoms with Gasteiger partial charge in [-0.1, -0.05) is 18.2 Å². The Kier molecular flexibility index (Phi) is 4.69. The fourth-order valence-corrected chi connectivity index (χ4v) is 2.94. The first kappa shape index (κ1) is 17.6. The molecule has 2 aromatic rings. The van der Waals surface area contributed by atoms with E-state index in [1.54, 1.807) is 30.3 Å². The lowest BCUT2D eigenvalue weighted by atomic mass is 10.2. The van der Waals surface area contributed by atoms with Crippen LogP contribution in [-0.4, -0.2) is 31.1 Å². The normalized spacial score (nSPS) is 14.1. The third-order valence-corrected chi connectivity index (χ3v) is 4.30. The summed E-state index contributed by atoms with van der Waals surface area (Å²) in [6, 6.07) is 12.2. The minimum atomic E-state index is -4.63. The molecule has 2 aromatic carbocycles. The second kappa shape index (κ2) is 6.94. The van der Waals surface area contributed by atoms with Crippen LogP contribution in [0.15, 0.2) is 58.5 Å². The molecule has 1 aliphatic heterocycles. The molecular weight excluding hydrogens is 362 g/mol. The molecule has 0 aliphatic carbocycles. The average molecular weight is 375 g/mol. The molecule has 9 nitrogen and oxygen atoms in total. The van der Waals surface area contributed by atoms with E-state index < -0.39 is 20.9 Å². The summed E-state index contributed by atoms with van der Waals surface area (Å²) in [5, 5.41) is 7.12. The van der Waals surface area contributed by atoms with Crippen molar-refractivity contribution >= 4 is 34.0 Å². The van der Waals surface area contributed by atoms with Gasteiger partial charge in [-0.15, -0.1) is 0 Å². The molecule has 2 amide bonds. The van der Waals surface area contributed by atoms with Crippen LogP contribution in [0.25, 0.3) is 0 Å². The number of hydrogen-bond acceptors (Lipinski definition) is 6. The van der Waals surface area contributed by atoms with Gasteiger partial charge >= 0.3 is 0 Å². The van der Waals surface area contributed by atoms with E-state index in [0.717, 1.165) is 11.1 Å². The Bertz CT molecular complexity index is 988. The number of para-hydroxylation sites is 1. The van der Waals surface area contributed by atoms with Crippen molar-refractivity contribution in [2.75, 3.05) is 5.01 Å². The molecule has 0 saturated heterocycles. The van der Waals surface area contributed by atoms with Crippen LogP contribution in [-0.2, 0) is 19.7 Å². The zero-order valence-corrected chi connectivity index (χ0v) is 14.0. The van der Waals surface area contributed by atoms with Gasteiger partial charge in [0.25, 0.3) is 16.0 Å². The van der Waals surface area contributed by atoms with Crippen molar-refractivity contribution in [3.63, 3.8) is 0 Å². The third kappa shape index (κ3) is 3.71. The Morgan fingerprint density at radius 1 is 1.19 bits per heavy atom. The van der Waals surface area contributed by atoms with Gasteiger partial charge in [0.05, 0.1) is 12.1 Å². The van der Waals surface area contributed by atoms with Gasteiger partial charge in [-0.2, -0.15) is 18.5 Å². The smallest absolute Gasteiger partial charge is 0.298 e. The number of hydrogen-bond donors (Lipinski definition) is 2. The van der Waals surface area contributed by atoms with Gasteiger partial charge in [0, 0.05) is 0 Å². The maximum Gasteiger partial charge on any atom is 0.298 e. The Hall–Kier alpha value is -3.24. The number of ether oxygens (including phenoxy) is 1. The summed E-state index contributed by atoms with van der Waals surface area (Å²) in [5.41, 5.74) is 0.103. The number of nitrogens with one attached hydrogen (secondary N) is 1. The summed E-state index contributed by atoms with van der Waals surface area (Å²) >= 11 is 0. The number of hydrazone groups is 1. The number of nitrogens with zero attached hydrogens (tertiary/aromatic N) is 2. The quantitative estimate of drug-likeness (QED) is 0.603. The van der Waals surface area contributed by atoms with Crippen molar-refractivity contribution in [3.05, 3.63) is 48.5 Å². The van der Waals surface area contributed by atoms with Crippen LogP contribution in [0.3, 0.4) is 0 Å². The van der Waals surface area contributed by atoms with Gasteiger partial charge in [-0.25, -0.2) is 0 Å². The number of anilines is 1. The standard InChI is InChI=1S/C16H13N3O6S/c20-10-17-15-9-16(21)19(18-15)11-6-7-13(14(8-11)26(22,23)24)25-12-4-2-1-3-5-12/h1-8,10H,9H2,(H,17,18,20)(H,22,23,24). The first-order valence-electron chi connectivity index (χ1n) is 7.33. The lowest BCUT2D eigenvalue weighted by Gasteiger charge is -2.15. The second-order valence-electron chi connectivity index (χ2n) is 5.21. The highest BCUT2D eigenvalue weighted by Crippen LogP contribution is 2.33. The zero-order valence-electron chi connectivity index (χ0n) is 13.2. The highest BCUT2D eigenvalue weighted by Gasteiger charge is 2.27.